The number of aryl methyl sites for hydroxylation is 1. The second-order valence-electron chi connectivity index (χ2n) is 9.19. The zero-order chi connectivity index (χ0) is 22.4. The molecule has 31 heavy (non-hydrogen) atoms. The first-order valence-corrected chi connectivity index (χ1v) is 10.8. The third-order valence-electron chi connectivity index (χ3n) is 4.89. The van der Waals surface area contributed by atoms with Gasteiger partial charge in [-0.25, -0.2) is 9.79 Å². The number of piperidine rings is 1. The highest BCUT2D eigenvalue weighted by molar-refractivity contribution is 14.0. The molecule has 1 amide bonds. The van der Waals surface area contributed by atoms with Gasteiger partial charge in [-0.2, -0.15) is 0 Å². The lowest BCUT2D eigenvalue weighted by molar-refractivity contribution is 0.0168. The molecule has 1 aliphatic rings. The molecular formula is C22H39IN4O4. The standard InChI is InChI=1S/C22H38N4O4.HI/c1-7-23-19(25-15-22(6,28)18-11-10-16(2)29-18)24-13-17-9-8-12-26(14-17)20(27)30-21(3,4)5;/h10-11,17,28H,7-9,12-15H2,1-6H3,(H2,23,24,25);1H. The summed E-state index contributed by atoms with van der Waals surface area (Å²) in [4.78, 5) is 18.7. The molecule has 1 aromatic rings. The third-order valence-corrected chi connectivity index (χ3v) is 4.89. The first kappa shape index (κ1) is 27.5. The molecule has 1 fully saturated rings. The van der Waals surface area contributed by atoms with E-state index < -0.39 is 11.2 Å². The van der Waals surface area contributed by atoms with E-state index in [9.17, 15) is 9.90 Å². The van der Waals surface area contributed by atoms with Gasteiger partial charge in [0.1, 0.15) is 22.7 Å². The Balaban J connectivity index is 0.00000480. The molecule has 178 valence electrons. The first-order chi connectivity index (χ1) is 14.0. The van der Waals surface area contributed by atoms with E-state index in [4.69, 9.17) is 9.15 Å². The van der Waals surface area contributed by atoms with Crippen LogP contribution in [0.2, 0.25) is 0 Å². The van der Waals surface area contributed by atoms with Crippen molar-refractivity contribution in [3.63, 3.8) is 0 Å². The van der Waals surface area contributed by atoms with Crippen LogP contribution in [0.25, 0.3) is 0 Å². The number of amides is 1. The number of likely N-dealkylation sites (tertiary alicyclic amines) is 1. The first-order valence-electron chi connectivity index (χ1n) is 10.8. The molecule has 0 aromatic carbocycles. The Morgan fingerprint density at radius 2 is 2.03 bits per heavy atom. The van der Waals surface area contributed by atoms with Gasteiger partial charge in [-0.3, -0.25) is 0 Å². The zero-order valence-electron chi connectivity index (χ0n) is 19.7. The minimum absolute atomic E-state index is 0. The molecule has 0 aliphatic carbocycles. The van der Waals surface area contributed by atoms with Gasteiger partial charge in [0.2, 0.25) is 0 Å². The number of hydrogen-bond acceptors (Lipinski definition) is 5. The molecule has 1 aromatic heterocycles. The highest BCUT2D eigenvalue weighted by Gasteiger charge is 2.28. The number of nitrogens with one attached hydrogen (secondary N) is 2. The van der Waals surface area contributed by atoms with Crippen molar-refractivity contribution < 1.29 is 19.1 Å². The van der Waals surface area contributed by atoms with Crippen LogP contribution >= 0.6 is 24.0 Å². The summed E-state index contributed by atoms with van der Waals surface area (Å²) in [5.74, 6) is 2.20. The molecule has 0 radical (unpaired) electrons. The van der Waals surface area contributed by atoms with Crippen molar-refractivity contribution in [1.29, 1.82) is 0 Å². The van der Waals surface area contributed by atoms with Gasteiger partial charge in [0.05, 0.1) is 6.54 Å². The third kappa shape index (κ3) is 9.26. The van der Waals surface area contributed by atoms with Crippen LogP contribution in [-0.2, 0) is 10.3 Å². The Morgan fingerprint density at radius 3 is 2.61 bits per heavy atom. The normalized spacial score (nSPS) is 19.3. The van der Waals surface area contributed by atoms with Gasteiger partial charge in [-0.15, -0.1) is 24.0 Å². The Bertz CT molecular complexity index is 727. The van der Waals surface area contributed by atoms with E-state index in [0.717, 1.165) is 25.1 Å². The van der Waals surface area contributed by atoms with Crippen molar-refractivity contribution in [2.75, 3.05) is 32.7 Å². The fraction of sp³-hybridized carbons (Fsp3) is 0.727. The number of aliphatic imine (C=N–C) groups is 1. The molecule has 0 saturated carbocycles. The van der Waals surface area contributed by atoms with Crippen molar-refractivity contribution >= 4 is 36.0 Å². The Hall–Kier alpha value is -1.49. The molecule has 9 heteroatoms. The SMILES string of the molecule is CCNC(=NCC(C)(O)c1ccc(C)o1)NCC1CCCN(C(=O)OC(C)(C)C)C1.I. The zero-order valence-corrected chi connectivity index (χ0v) is 22.0. The topological polar surface area (TPSA) is 99.3 Å². The molecule has 2 atom stereocenters. The van der Waals surface area contributed by atoms with Crippen LogP contribution in [-0.4, -0.2) is 60.4 Å². The van der Waals surface area contributed by atoms with E-state index in [1.165, 1.54) is 0 Å². The molecule has 8 nitrogen and oxygen atoms in total. The number of carbonyl (C=O) groups is 1. The maximum Gasteiger partial charge on any atom is 0.410 e. The van der Waals surface area contributed by atoms with E-state index in [2.05, 4.69) is 15.6 Å². The fourth-order valence-corrected chi connectivity index (χ4v) is 3.34. The molecule has 3 N–H and O–H groups in total. The lowest BCUT2D eigenvalue weighted by Gasteiger charge is -2.34. The van der Waals surface area contributed by atoms with Crippen molar-refractivity contribution in [1.82, 2.24) is 15.5 Å². The second kappa shape index (κ2) is 11.9. The quantitative estimate of drug-likeness (QED) is 0.285. The number of hydrogen-bond donors (Lipinski definition) is 3. The maximum absolute atomic E-state index is 12.4. The van der Waals surface area contributed by atoms with Crippen LogP contribution in [0.4, 0.5) is 4.79 Å². The molecule has 2 unspecified atom stereocenters. The van der Waals surface area contributed by atoms with Gasteiger partial charge in [-0.1, -0.05) is 0 Å². The number of furan rings is 1. The van der Waals surface area contributed by atoms with Gasteiger partial charge in [0, 0.05) is 26.2 Å². The Labute approximate surface area is 203 Å². The van der Waals surface area contributed by atoms with Crippen LogP contribution < -0.4 is 10.6 Å². The molecule has 1 saturated heterocycles. The summed E-state index contributed by atoms with van der Waals surface area (Å²) in [5, 5.41) is 17.3. The van der Waals surface area contributed by atoms with E-state index in [0.29, 0.717) is 37.3 Å². The van der Waals surface area contributed by atoms with E-state index in [-0.39, 0.29) is 36.6 Å². The number of carbonyl (C=O) groups excluding carboxylic acids is 1. The highest BCUT2D eigenvalue weighted by Crippen LogP contribution is 2.23. The van der Waals surface area contributed by atoms with Crippen molar-refractivity contribution in [2.24, 2.45) is 10.9 Å². The van der Waals surface area contributed by atoms with Gasteiger partial charge < -0.3 is 29.8 Å². The minimum atomic E-state index is -1.19. The van der Waals surface area contributed by atoms with E-state index in [1.54, 1.807) is 17.9 Å². The van der Waals surface area contributed by atoms with Gasteiger partial charge >= 0.3 is 6.09 Å². The summed E-state index contributed by atoms with van der Waals surface area (Å²) >= 11 is 0. The summed E-state index contributed by atoms with van der Waals surface area (Å²) in [6.07, 6.45) is 1.73. The van der Waals surface area contributed by atoms with Crippen LogP contribution in [0.1, 0.15) is 59.0 Å². The average molecular weight is 550 g/mol. The molecular weight excluding hydrogens is 511 g/mol. The Kier molecular flexibility index (Phi) is 10.6. The number of ether oxygens (including phenoxy) is 1. The highest BCUT2D eigenvalue weighted by atomic mass is 127. The van der Waals surface area contributed by atoms with Gasteiger partial charge in [0.25, 0.3) is 0 Å². The van der Waals surface area contributed by atoms with Crippen LogP contribution in [0, 0.1) is 12.8 Å². The van der Waals surface area contributed by atoms with Crippen LogP contribution in [0.15, 0.2) is 21.5 Å². The minimum Gasteiger partial charge on any atom is -0.463 e. The van der Waals surface area contributed by atoms with Crippen LogP contribution in [0.5, 0.6) is 0 Å². The van der Waals surface area contributed by atoms with Crippen LogP contribution in [0.3, 0.4) is 0 Å². The monoisotopic (exact) mass is 550 g/mol. The van der Waals surface area contributed by atoms with Gasteiger partial charge in [0.15, 0.2) is 5.96 Å². The lowest BCUT2D eigenvalue weighted by Crippen LogP contribution is -2.47. The molecule has 0 spiro atoms. The fourth-order valence-electron chi connectivity index (χ4n) is 3.34. The number of halogens is 1. The van der Waals surface area contributed by atoms with E-state index in [1.807, 2.05) is 40.7 Å². The summed E-state index contributed by atoms with van der Waals surface area (Å²) in [5.41, 5.74) is -1.68. The number of aliphatic hydroxyl groups is 1. The summed E-state index contributed by atoms with van der Waals surface area (Å²) in [6.45, 7) is 14.1. The summed E-state index contributed by atoms with van der Waals surface area (Å²) in [6, 6.07) is 3.61. The molecule has 2 heterocycles. The predicted octanol–water partition coefficient (Wildman–Crippen LogP) is 3.62. The smallest absolute Gasteiger partial charge is 0.410 e. The molecule has 0 bridgehead atoms. The number of rotatable bonds is 6. The summed E-state index contributed by atoms with van der Waals surface area (Å²) in [7, 11) is 0. The predicted molar refractivity (Wildman–Crippen MR) is 133 cm³/mol. The lowest BCUT2D eigenvalue weighted by atomic mass is 9.98. The van der Waals surface area contributed by atoms with E-state index >= 15 is 0 Å². The molecule has 2 rings (SSSR count). The maximum atomic E-state index is 12.4. The average Bonchev–Trinajstić information content (AvgIpc) is 3.10. The Morgan fingerprint density at radius 1 is 1.32 bits per heavy atom. The number of nitrogens with zero attached hydrogens (tertiary/aromatic N) is 2. The van der Waals surface area contributed by atoms with Crippen molar-refractivity contribution in [3.8, 4) is 0 Å². The van der Waals surface area contributed by atoms with Crippen molar-refractivity contribution in [2.45, 2.75) is 65.6 Å². The molecule has 1 aliphatic heterocycles. The number of guanidine groups is 1. The van der Waals surface area contributed by atoms with Gasteiger partial charge in [-0.05, 0) is 72.4 Å². The van der Waals surface area contributed by atoms with Crippen molar-refractivity contribution in [3.05, 3.63) is 23.7 Å². The second-order valence-corrected chi connectivity index (χ2v) is 9.19. The largest absolute Gasteiger partial charge is 0.463 e. The summed E-state index contributed by atoms with van der Waals surface area (Å²) < 4.78 is 11.1.